The maximum absolute atomic E-state index is 5.78. The molecule has 0 bridgehead atoms. The summed E-state index contributed by atoms with van der Waals surface area (Å²) in [6.07, 6.45) is 3.08. The van der Waals surface area contributed by atoms with Gasteiger partial charge in [0.25, 0.3) is 0 Å². The van der Waals surface area contributed by atoms with Crippen molar-refractivity contribution < 1.29 is 4.74 Å². The second-order valence-corrected chi connectivity index (χ2v) is 3.28. The molecule has 0 saturated heterocycles. The Morgan fingerprint density at radius 3 is 2.67 bits per heavy atom. The van der Waals surface area contributed by atoms with Crippen molar-refractivity contribution >= 4 is 17.3 Å². The van der Waals surface area contributed by atoms with Gasteiger partial charge in [-0.25, -0.2) is 9.97 Å². The van der Waals surface area contributed by atoms with Crippen LogP contribution in [0.2, 0.25) is 5.02 Å². The van der Waals surface area contributed by atoms with Crippen LogP contribution < -0.4 is 10.5 Å². The lowest BCUT2D eigenvalue weighted by Crippen LogP contribution is -1.91. The molecule has 0 radical (unpaired) electrons. The van der Waals surface area contributed by atoms with E-state index < -0.39 is 0 Å². The summed E-state index contributed by atoms with van der Waals surface area (Å²) in [4.78, 5) is 7.95. The van der Waals surface area contributed by atoms with E-state index in [4.69, 9.17) is 22.1 Å². The van der Waals surface area contributed by atoms with Crippen LogP contribution in [-0.2, 0) is 0 Å². The molecule has 0 saturated carbocycles. The van der Waals surface area contributed by atoms with Gasteiger partial charge in [0.1, 0.15) is 0 Å². The summed E-state index contributed by atoms with van der Waals surface area (Å²) in [5.41, 5.74) is 6.07. The number of nitrogens with two attached hydrogens (primary N) is 1. The molecule has 0 aromatic carbocycles. The van der Waals surface area contributed by atoms with Gasteiger partial charge in [0.05, 0.1) is 11.9 Å². The van der Waals surface area contributed by atoms with Crippen molar-refractivity contribution in [3.63, 3.8) is 0 Å². The number of hydrogen-bond donors (Lipinski definition) is 1. The van der Waals surface area contributed by atoms with Gasteiger partial charge in [-0.05, 0) is 12.1 Å². The largest absolute Gasteiger partial charge is 0.421 e. The molecule has 2 N–H and O–H groups in total. The van der Waals surface area contributed by atoms with Gasteiger partial charge in [-0.3, -0.25) is 0 Å². The molecule has 2 aromatic heterocycles. The molecule has 2 heterocycles. The number of aromatic nitrogens is 2. The van der Waals surface area contributed by atoms with Gasteiger partial charge in [0.15, 0.2) is 0 Å². The van der Waals surface area contributed by atoms with E-state index in [0.29, 0.717) is 22.5 Å². The maximum Gasteiger partial charge on any atom is 0.222 e. The summed E-state index contributed by atoms with van der Waals surface area (Å²) < 4.78 is 5.35. The molecule has 0 atom stereocenters. The highest BCUT2D eigenvalue weighted by atomic mass is 35.5. The first-order valence-electron chi connectivity index (χ1n) is 4.25. The quantitative estimate of drug-likeness (QED) is 0.847. The first-order valence-corrected chi connectivity index (χ1v) is 4.63. The van der Waals surface area contributed by atoms with Crippen molar-refractivity contribution in [2.24, 2.45) is 0 Å². The molecular weight excluding hydrogens is 214 g/mol. The van der Waals surface area contributed by atoms with E-state index in [1.54, 1.807) is 30.5 Å². The number of ether oxygens (including phenoxy) is 1. The Morgan fingerprint density at radius 1 is 1.13 bits per heavy atom. The minimum atomic E-state index is 0.403. The lowest BCUT2D eigenvalue weighted by Gasteiger charge is -2.03. The van der Waals surface area contributed by atoms with Crippen LogP contribution in [-0.4, -0.2) is 9.97 Å². The van der Waals surface area contributed by atoms with Gasteiger partial charge in [0.2, 0.25) is 11.8 Å². The zero-order valence-corrected chi connectivity index (χ0v) is 8.48. The van der Waals surface area contributed by atoms with E-state index in [9.17, 15) is 0 Å². The summed E-state index contributed by atoms with van der Waals surface area (Å²) in [6, 6.07) is 6.65. The topological polar surface area (TPSA) is 61.0 Å². The lowest BCUT2D eigenvalue weighted by molar-refractivity contribution is 0.445. The molecular formula is C10H8ClN3O. The average Bonchev–Trinajstić information content (AvgIpc) is 2.22. The summed E-state index contributed by atoms with van der Waals surface area (Å²) in [5, 5.41) is 0.565. The van der Waals surface area contributed by atoms with Gasteiger partial charge in [-0.1, -0.05) is 11.6 Å². The summed E-state index contributed by atoms with van der Waals surface area (Å²) >= 11 is 5.78. The molecule has 0 unspecified atom stereocenters. The van der Waals surface area contributed by atoms with Gasteiger partial charge >= 0.3 is 0 Å². The van der Waals surface area contributed by atoms with Crippen molar-refractivity contribution in [2.75, 3.05) is 5.73 Å². The van der Waals surface area contributed by atoms with Crippen molar-refractivity contribution in [3.8, 4) is 11.8 Å². The standard InChI is InChI=1S/C10H8ClN3O/c11-7-3-4-13-10(5-7)15-9-2-1-8(12)6-14-9/h1-6H,12H2. The van der Waals surface area contributed by atoms with Crippen molar-refractivity contribution in [3.05, 3.63) is 41.7 Å². The highest BCUT2D eigenvalue weighted by molar-refractivity contribution is 6.30. The predicted octanol–water partition coefficient (Wildman–Crippen LogP) is 2.50. The van der Waals surface area contributed by atoms with Crippen LogP contribution in [0, 0.1) is 0 Å². The summed E-state index contributed by atoms with van der Waals surface area (Å²) in [5.74, 6) is 0.832. The molecule has 76 valence electrons. The number of halogens is 1. The molecule has 0 fully saturated rings. The molecule has 0 spiro atoms. The van der Waals surface area contributed by atoms with Crippen molar-refractivity contribution in [2.45, 2.75) is 0 Å². The fraction of sp³-hybridized carbons (Fsp3) is 0. The van der Waals surface area contributed by atoms with Crippen LogP contribution >= 0.6 is 11.6 Å². The highest BCUT2D eigenvalue weighted by Gasteiger charge is 1.99. The second-order valence-electron chi connectivity index (χ2n) is 2.84. The van der Waals surface area contributed by atoms with Crippen LogP contribution in [0.4, 0.5) is 5.69 Å². The smallest absolute Gasteiger partial charge is 0.222 e. The van der Waals surface area contributed by atoms with Gasteiger partial charge < -0.3 is 10.5 Å². The number of pyridine rings is 2. The molecule has 2 aromatic rings. The van der Waals surface area contributed by atoms with Crippen LogP contribution in [0.1, 0.15) is 0 Å². The summed E-state index contributed by atoms with van der Waals surface area (Å²) in [7, 11) is 0. The Labute approximate surface area is 91.7 Å². The lowest BCUT2D eigenvalue weighted by atomic mass is 10.4. The molecule has 2 rings (SSSR count). The number of rotatable bonds is 2. The molecule has 4 nitrogen and oxygen atoms in total. The second kappa shape index (κ2) is 4.14. The third-order valence-corrected chi connectivity index (χ3v) is 1.90. The van der Waals surface area contributed by atoms with Crippen molar-refractivity contribution in [1.29, 1.82) is 0 Å². The third-order valence-electron chi connectivity index (χ3n) is 1.67. The normalized spacial score (nSPS) is 9.93. The molecule has 0 aliphatic heterocycles. The van der Waals surface area contributed by atoms with Gasteiger partial charge in [-0.15, -0.1) is 0 Å². The Hall–Kier alpha value is -1.81. The van der Waals surface area contributed by atoms with Crippen LogP contribution in [0.3, 0.4) is 0 Å². The summed E-state index contributed by atoms with van der Waals surface area (Å²) in [6.45, 7) is 0. The molecule has 5 heteroatoms. The predicted molar refractivity (Wildman–Crippen MR) is 58.0 cm³/mol. The molecule has 0 amide bonds. The monoisotopic (exact) mass is 221 g/mol. The number of anilines is 1. The Bertz CT molecular complexity index is 458. The number of nitrogens with zero attached hydrogens (tertiary/aromatic N) is 2. The average molecular weight is 222 g/mol. The third kappa shape index (κ3) is 2.57. The van der Waals surface area contributed by atoms with Crippen LogP contribution in [0.5, 0.6) is 11.8 Å². The fourth-order valence-corrected chi connectivity index (χ4v) is 1.15. The van der Waals surface area contributed by atoms with Gasteiger partial charge in [0, 0.05) is 23.4 Å². The number of nitrogen functional groups attached to an aromatic ring is 1. The van der Waals surface area contributed by atoms with E-state index in [1.807, 2.05) is 0 Å². The zero-order chi connectivity index (χ0) is 10.7. The first-order chi connectivity index (χ1) is 7.24. The Balaban J connectivity index is 2.18. The van der Waals surface area contributed by atoms with Gasteiger partial charge in [-0.2, -0.15) is 0 Å². The SMILES string of the molecule is Nc1ccc(Oc2cc(Cl)ccn2)nc1. The van der Waals surface area contributed by atoms with E-state index in [0.717, 1.165) is 0 Å². The van der Waals surface area contributed by atoms with Crippen molar-refractivity contribution in [1.82, 2.24) is 9.97 Å². The molecule has 15 heavy (non-hydrogen) atoms. The van der Waals surface area contributed by atoms with E-state index >= 15 is 0 Å². The minimum absolute atomic E-state index is 0.403. The van der Waals surface area contributed by atoms with E-state index in [1.165, 1.54) is 6.20 Å². The first kappa shape index (κ1) is 9.73. The van der Waals surface area contributed by atoms with Crippen LogP contribution in [0.25, 0.3) is 0 Å². The van der Waals surface area contributed by atoms with Crippen LogP contribution in [0.15, 0.2) is 36.7 Å². The minimum Gasteiger partial charge on any atom is -0.421 e. The van der Waals surface area contributed by atoms with E-state index in [2.05, 4.69) is 9.97 Å². The fourth-order valence-electron chi connectivity index (χ4n) is 1.00. The Kier molecular flexibility index (Phi) is 2.69. The molecule has 0 aliphatic rings. The highest BCUT2D eigenvalue weighted by Crippen LogP contribution is 2.20. The zero-order valence-electron chi connectivity index (χ0n) is 7.72. The molecule has 0 aliphatic carbocycles. The Morgan fingerprint density at radius 2 is 2.00 bits per heavy atom. The van der Waals surface area contributed by atoms with E-state index in [-0.39, 0.29) is 0 Å². The number of hydrogen-bond acceptors (Lipinski definition) is 4. The maximum atomic E-state index is 5.78.